The fourth-order valence-corrected chi connectivity index (χ4v) is 7.36. The van der Waals surface area contributed by atoms with E-state index >= 15 is 0 Å². The highest BCUT2D eigenvalue weighted by molar-refractivity contribution is 5.95. The van der Waals surface area contributed by atoms with Crippen molar-refractivity contribution in [3.63, 3.8) is 0 Å². The fraction of sp³-hybridized carbons (Fsp3) is 0.341. The molecule has 0 saturated heterocycles. The van der Waals surface area contributed by atoms with Crippen LogP contribution in [0.4, 0.5) is 0 Å². The Morgan fingerprint density at radius 2 is 1.36 bits per heavy atom. The second-order valence-corrected chi connectivity index (χ2v) is 12.8. The summed E-state index contributed by atoms with van der Waals surface area (Å²) in [4.78, 5) is 7.11. The number of methoxy groups -OCH3 is 7. The number of rotatable bonds is 13. The largest absolute Gasteiger partial charge is 0.493 e. The molecule has 0 amide bonds. The zero-order chi connectivity index (χ0) is 37.2. The van der Waals surface area contributed by atoms with Crippen LogP contribution in [0.2, 0.25) is 0 Å². The molecular weight excluding hydrogens is 680 g/mol. The lowest BCUT2D eigenvalue weighted by Gasteiger charge is -2.35. The van der Waals surface area contributed by atoms with E-state index in [2.05, 4.69) is 24.1 Å². The Morgan fingerprint density at radius 3 is 2.08 bits per heavy atom. The zero-order valence-electron chi connectivity index (χ0n) is 31.3. The molecule has 53 heavy (non-hydrogen) atoms. The van der Waals surface area contributed by atoms with Crippen molar-refractivity contribution in [3.8, 4) is 63.2 Å². The summed E-state index contributed by atoms with van der Waals surface area (Å²) >= 11 is 0. The quantitative estimate of drug-likeness (QED) is 0.123. The Bertz CT molecular complexity index is 2150. The van der Waals surface area contributed by atoms with Crippen LogP contribution in [0, 0.1) is 0 Å². The number of pyridine rings is 1. The van der Waals surface area contributed by atoms with Gasteiger partial charge in [-0.25, -0.2) is 0 Å². The van der Waals surface area contributed by atoms with E-state index in [1.54, 1.807) is 56.0 Å². The lowest BCUT2D eigenvalue weighted by atomic mass is 9.88. The number of benzene rings is 4. The molecule has 0 fully saturated rings. The van der Waals surface area contributed by atoms with Crippen LogP contribution in [0.15, 0.2) is 54.7 Å². The van der Waals surface area contributed by atoms with Crippen LogP contribution >= 0.6 is 0 Å². The Labute approximate surface area is 308 Å². The van der Waals surface area contributed by atoms with Gasteiger partial charge in [-0.05, 0) is 79.0 Å². The van der Waals surface area contributed by atoms with Gasteiger partial charge < -0.3 is 47.4 Å². The smallest absolute Gasteiger partial charge is 0.231 e. The third-order valence-corrected chi connectivity index (χ3v) is 10.00. The molecule has 12 nitrogen and oxygen atoms in total. The second kappa shape index (κ2) is 15.1. The number of likely N-dealkylation sites (N-methyl/N-ethyl adjacent to an activating group) is 1. The van der Waals surface area contributed by atoms with Crippen molar-refractivity contribution in [1.82, 2.24) is 9.88 Å². The van der Waals surface area contributed by atoms with E-state index in [-0.39, 0.29) is 12.8 Å². The summed E-state index contributed by atoms with van der Waals surface area (Å²) in [6.07, 6.45) is 3.76. The van der Waals surface area contributed by atoms with Crippen molar-refractivity contribution in [2.24, 2.45) is 0 Å². The first kappa shape index (κ1) is 35.6. The Hall–Kier alpha value is -5.75. The minimum absolute atomic E-state index is 0.00901. The van der Waals surface area contributed by atoms with E-state index in [4.69, 9.17) is 52.4 Å². The topological polar surface area (TPSA) is 108 Å². The van der Waals surface area contributed by atoms with Crippen molar-refractivity contribution in [3.05, 3.63) is 82.7 Å². The van der Waals surface area contributed by atoms with Crippen molar-refractivity contribution < 1.29 is 47.4 Å². The van der Waals surface area contributed by atoms with Gasteiger partial charge in [-0.1, -0.05) is 6.07 Å². The summed E-state index contributed by atoms with van der Waals surface area (Å²) in [7, 11) is 13.5. The van der Waals surface area contributed by atoms with Gasteiger partial charge in [0, 0.05) is 41.5 Å². The van der Waals surface area contributed by atoms with Crippen molar-refractivity contribution in [1.29, 1.82) is 0 Å². The minimum atomic E-state index is -0.00901. The molecular formula is C41H44N2O10. The van der Waals surface area contributed by atoms with E-state index in [1.807, 2.05) is 36.4 Å². The van der Waals surface area contributed by atoms with Crippen LogP contribution in [-0.2, 0) is 19.3 Å². The summed E-state index contributed by atoms with van der Waals surface area (Å²) in [5.74, 6) is 5.98. The van der Waals surface area contributed by atoms with E-state index in [0.717, 1.165) is 46.1 Å². The molecule has 0 unspecified atom stereocenters. The van der Waals surface area contributed by atoms with Gasteiger partial charge in [-0.2, -0.15) is 0 Å². The molecule has 1 atom stereocenters. The molecule has 2 aliphatic rings. The third kappa shape index (κ3) is 6.48. The number of fused-ring (bicyclic) bond motifs is 4. The van der Waals surface area contributed by atoms with Gasteiger partial charge in [0.05, 0.1) is 55.5 Å². The van der Waals surface area contributed by atoms with E-state index in [1.165, 1.54) is 5.56 Å². The molecule has 7 rings (SSSR count). The Morgan fingerprint density at radius 1 is 0.660 bits per heavy atom. The van der Waals surface area contributed by atoms with Gasteiger partial charge in [0.2, 0.25) is 24.0 Å². The molecule has 3 heterocycles. The first-order valence-corrected chi connectivity index (χ1v) is 17.2. The monoisotopic (exact) mass is 724 g/mol. The molecule has 1 aromatic heterocycles. The molecule has 5 aromatic rings. The summed E-state index contributed by atoms with van der Waals surface area (Å²) in [5, 5.41) is 1.72. The van der Waals surface area contributed by atoms with Crippen LogP contribution in [0.5, 0.6) is 63.2 Å². The summed E-state index contributed by atoms with van der Waals surface area (Å²) in [5.41, 5.74) is 5.05. The lowest BCUT2D eigenvalue weighted by molar-refractivity contribution is 0.172. The zero-order valence-corrected chi connectivity index (χ0v) is 31.3. The van der Waals surface area contributed by atoms with Gasteiger partial charge in [0.15, 0.2) is 46.0 Å². The first-order chi connectivity index (χ1) is 25.8. The molecule has 0 N–H and O–H groups in total. The highest BCUT2D eigenvalue weighted by Gasteiger charge is 2.32. The van der Waals surface area contributed by atoms with Crippen molar-refractivity contribution >= 4 is 10.8 Å². The number of aromatic nitrogens is 1. The second-order valence-electron chi connectivity index (χ2n) is 12.8. The molecule has 0 spiro atoms. The average Bonchev–Trinajstić information content (AvgIpc) is 3.69. The maximum atomic E-state index is 6.78. The molecule has 2 aliphatic heterocycles. The Kier molecular flexibility index (Phi) is 10.1. The number of hydrogen-bond acceptors (Lipinski definition) is 12. The number of ether oxygens (including phenoxy) is 10. The molecule has 278 valence electrons. The summed E-state index contributed by atoms with van der Waals surface area (Å²) < 4.78 is 59.0. The van der Waals surface area contributed by atoms with E-state index in [0.29, 0.717) is 76.1 Å². The highest BCUT2D eigenvalue weighted by atomic mass is 16.7. The van der Waals surface area contributed by atoms with Gasteiger partial charge >= 0.3 is 0 Å². The van der Waals surface area contributed by atoms with Crippen molar-refractivity contribution in [2.75, 3.05) is 70.2 Å². The summed E-state index contributed by atoms with van der Waals surface area (Å²) in [6.45, 7) is 0.917. The fourth-order valence-electron chi connectivity index (χ4n) is 7.36. The predicted octanol–water partition coefficient (Wildman–Crippen LogP) is 7.18. The average molecular weight is 725 g/mol. The highest BCUT2D eigenvalue weighted by Crippen LogP contribution is 2.53. The summed E-state index contributed by atoms with van der Waals surface area (Å²) in [6, 6.07) is 15.8. The van der Waals surface area contributed by atoms with Crippen molar-refractivity contribution in [2.45, 2.75) is 25.3 Å². The van der Waals surface area contributed by atoms with E-state index < -0.39 is 0 Å². The number of hydrogen-bond donors (Lipinski definition) is 0. The van der Waals surface area contributed by atoms with E-state index in [9.17, 15) is 0 Å². The van der Waals surface area contributed by atoms with Crippen LogP contribution in [-0.4, -0.2) is 80.0 Å². The van der Waals surface area contributed by atoms with Crippen LogP contribution in [0.3, 0.4) is 0 Å². The van der Waals surface area contributed by atoms with Gasteiger partial charge in [0.1, 0.15) is 0 Å². The molecule has 12 heteroatoms. The van der Waals surface area contributed by atoms with Crippen LogP contribution in [0.1, 0.15) is 34.0 Å². The Balaban J connectivity index is 1.32. The molecule has 4 aromatic carbocycles. The number of nitrogens with zero attached hydrogens (tertiary/aromatic N) is 2. The molecule has 0 saturated carbocycles. The third-order valence-electron chi connectivity index (χ3n) is 10.00. The van der Waals surface area contributed by atoms with Gasteiger partial charge in [0.25, 0.3) is 0 Å². The normalized spacial score (nSPS) is 14.8. The molecule has 0 radical (unpaired) electrons. The van der Waals surface area contributed by atoms with Gasteiger partial charge in [-0.15, -0.1) is 0 Å². The maximum Gasteiger partial charge on any atom is 0.231 e. The molecule has 0 bridgehead atoms. The molecule has 0 aliphatic carbocycles. The standard InChI is InChI=1S/C41H44N2O10/c1-43-14-12-24-18-33(46-4)34(47-5)20-27(24)30(43)17-25-19-35(39(49-7)41(50-8)37(25)48-6)53-36-21-28-26(38-40(36)52-22-51-38)11-13-42-29(28)15-23-9-10-31(44-2)32(16-23)45-3/h9-11,13,16,18-21,30H,12,14-15,17,22H2,1-8H3/t30-/m0/s1. The van der Waals surface area contributed by atoms with Crippen LogP contribution in [0.25, 0.3) is 10.8 Å². The minimum Gasteiger partial charge on any atom is -0.493 e. The van der Waals surface area contributed by atoms with Gasteiger partial charge in [-0.3, -0.25) is 9.88 Å². The first-order valence-electron chi connectivity index (χ1n) is 17.2. The predicted molar refractivity (Wildman–Crippen MR) is 199 cm³/mol. The maximum absolute atomic E-state index is 6.78. The SMILES string of the molecule is COc1ccc(Cc2nccc3c4c(c(Oc5cc(C[C@H]6c7cc(OC)c(OC)cc7CCN6C)c(OC)c(OC)c5OC)cc23)OCO4)cc1OC. The lowest BCUT2D eigenvalue weighted by Crippen LogP contribution is -2.33. The van der Waals surface area contributed by atoms with Crippen LogP contribution < -0.4 is 47.4 Å².